The number of nitrogens with zero attached hydrogens (tertiary/aromatic N) is 3. The maximum absolute atomic E-state index is 5.39. The Hall–Kier alpha value is -0.970. The summed E-state index contributed by atoms with van der Waals surface area (Å²) in [6.45, 7) is 6.65. The van der Waals surface area contributed by atoms with Crippen LogP contribution in [0.15, 0.2) is 6.33 Å². The SMILES string of the molecule is CC(C)(C)c1ncn(CC(N)=S)n1. The Labute approximate surface area is 83.1 Å². The average Bonchev–Trinajstić information content (AvgIpc) is 2.32. The Morgan fingerprint density at radius 1 is 1.62 bits per heavy atom. The molecule has 0 bridgehead atoms. The van der Waals surface area contributed by atoms with Crippen LogP contribution in [0.4, 0.5) is 0 Å². The third-order valence-corrected chi connectivity index (χ3v) is 1.65. The fraction of sp³-hybridized carbons (Fsp3) is 0.625. The van der Waals surface area contributed by atoms with Gasteiger partial charge < -0.3 is 5.73 Å². The molecule has 0 saturated heterocycles. The number of hydrogen-bond acceptors (Lipinski definition) is 3. The Balaban J connectivity index is 2.81. The smallest absolute Gasteiger partial charge is 0.155 e. The molecule has 13 heavy (non-hydrogen) atoms. The molecule has 0 aliphatic rings. The highest BCUT2D eigenvalue weighted by molar-refractivity contribution is 7.80. The van der Waals surface area contributed by atoms with Crippen molar-refractivity contribution in [2.24, 2.45) is 5.73 Å². The second-order valence-electron chi connectivity index (χ2n) is 3.98. The molecule has 1 aromatic heterocycles. The van der Waals surface area contributed by atoms with Gasteiger partial charge in [-0.2, -0.15) is 5.10 Å². The zero-order valence-electron chi connectivity index (χ0n) is 8.11. The van der Waals surface area contributed by atoms with Gasteiger partial charge in [-0.05, 0) is 0 Å². The van der Waals surface area contributed by atoms with Gasteiger partial charge in [0.25, 0.3) is 0 Å². The molecule has 1 heterocycles. The van der Waals surface area contributed by atoms with Crippen molar-refractivity contribution in [2.45, 2.75) is 32.7 Å². The van der Waals surface area contributed by atoms with Gasteiger partial charge in [0.2, 0.25) is 0 Å². The molecule has 1 rings (SSSR count). The van der Waals surface area contributed by atoms with Gasteiger partial charge in [0.1, 0.15) is 6.33 Å². The van der Waals surface area contributed by atoms with E-state index >= 15 is 0 Å². The molecule has 0 aromatic carbocycles. The lowest BCUT2D eigenvalue weighted by Gasteiger charge is -2.12. The zero-order chi connectivity index (χ0) is 10.1. The van der Waals surface area contributed by atoms with Crippen LogP contribution in [0.2, 0.25) is 0 Å². The maximum Gasteiger partial charge on any atom is 0.155 e. The van der Waals surface area contributed by atoms with E-state index in [1.807, 2.05) is 0 Å². The van der Waals surface area contributed by atoms with E-state index in [9.17, 15) is 0 Å². The van der Waals surface area contributed by atoms with Gasteiger partial charge in [0.05, 0.1) is 11.5 Å². The maximum atomic E-state index is 5.39. The Bertz CT molecular complexity index is 310. The minimum absolute atomic E-state index is 0.0263. The minimum atomic E-state index is -0.0263. The van der Waals surface area contributed by atoms with E-state index in [1.165, 1.54) is 0 Å². The van der Waals surface area contributed by atoms with Crippen LogP contribution in [-0.2, 0) is 12.0 Å². The van der Waals surface area contributed by atoms with E-state index in [0.717, 1.165) is 5.82 Å². The van der Waals surface area contributed by atoms with Crippen LogP contribution in [0.1, 0.15) is 26.6 Å². The summed E-state index contributed by atoms with van der Waals surface area (Å²) in [5, 5.41) is 4.26. The predicted molar refractivity (Wildman–Crippen MR) is 55.5 cm³/mol. The van der Waals surface area contributed by atoms with Crippen molar-refractivity contribution in [3.8, 4) is 0 Å². The van der Waals surface area contributed by atoms with Gasteiger partial charge in [-0.1, -0.05) is 33.0 Å². The van der Waals surface area contributed by atoms with Crippen molar-refractivity contribution in [2.75, 3.05) is 0 Å². The van der Waals surface area contributed by atoms with E-state index in [-0.39, 0.29) is 5.41 Å². The van der Waals surface area contributed by atoms with Gasteiger partial charge in [-0.3, -0.25) is 0 Å². The van der Waals surface area contributed by atoms with E-state index < -0.39 is 0 Å². The molecule has 0 fully saturated rings. The summed E-state index contributed by atoms with van der Waals surface area (Å²) in [5.41, 5.74) is 5.36. The second-order valence-corrected chi connectivity index (χ2v) is 4.51. The van der Waals surface area contributed by atoms with Crippen LogP contribution < -0.4 is 5.73 Å². The third-order valence-electron chi connectivity index (χ3n) is 1.53. The summed E-state index contributed by atoms with van der Waals surface area (Å²) in [7, 11) is 0. The van der Waals surface area contributed by atoms with E-state index in [4.69, 9.17) is 18.0 Å². The highest BCUT2D eigenvalue weighted by atomic mass is 32.1. The van der Waals surface area contributed by atoms with Gasteiger partial charge in [0.15, 0.2) is 5.82 Å². The monoisotopic (exact) mass is 198 g/mol. The van der Waals surface area contributed by atoms with Crippen LogP contribution in [0, 0.1) is 0 Å². The highest BCUT2D eigenvalue weighted by Gasteiger charge is 2.18. The van der Waals surface area contributed by atoms with Gasteiger partial charge in [-0.25, -0.2) is 9.67 Å². The first-order chi connectivity index (χ1) is 5.89. The van der Waals surface area contributed by atoms with E-state index in [2.05, 4.69) is 30.9 Å². The van der Waals surface area contributed by atoms with Gasteiger partial charge in [0, 0.05) is 5.41 Å². The number of rotatable bonds is 2. The first-order valence-corrected chi connectivity index (χ1v) is 4.48. The lowest BCUT2D eigenvalue weighted by atomic mass is 9.96. The molecule has 0 spiro atoms. The van der Waals surface area contributed by atoms with Crippen LogP contribution in [0.5, 0.6) is 0 Å². The fourth-order valence-corrected chi connectivity index (χ4v) is 1.01. The van der Waals surface area contributed by atoms with Crippen molar-refractivity contribution < 1.29 is 0 Å². The van der Waals surface area contributed by atoms with Crippen LogP contribution >= 0.6 is 12.2 Å². The normalized spacial score (nSPS) is 11.6. The summed E-state index contributed by atoms with van der Waals surface area (Å²) in [4.78, 5) is 4.60. The first-order valence-electron chi connectivity index (χ1n) is 4.08. The molecule has 0 radical (unpaired) electrons. The largest absolute Gasteiger partial charge is 0.392 e. The number of hydrogen-bond donors (Lipinski definition) is 1. The molecule has 0 atom stereocenters. The predicted octanol–water partition coefficient (Wildman–Crippen LogP) is 0.862. The van der Waals surface area contributed by atoms with Crippen LogP contribution in [-0.4, -0.2) is 19.8 Å². The van der Waals surface area contributed by atoms with Crippen molar-refractivity contribution >= 4 is 17.2 Å². The molecular weight excluding hydrogens is 184 g/mol. The second kappa shape index (κ2) is 3.41. The number of nitrogens with two attached hydrogens (primary N) is 1. The Kier molecular flexibility index (Phi) is 2.66. The number of aromatic nitrogens is 3. The van der Waals surface area contributed by atoms with Gasteiger partial charge >= 0.3 is 0 Å². The Morgan fingerprint density at radius 2 is 2.23 bits per heavy atom. The minimum Gasteiger partial charge on any atom is -0.392 e. The van der Waals surface area contributed by atoms with Crippen LogP contribution in [0.3, 0.4) is 0 Å². The zero-order valence-corrected chi connectivity index (χ0v) is 8.93. The highest BCUT2D eigenvalue weighted by Crippen LogP contribution is 2.16. The molecule has 5 heteroatoms. The molecule has 72 valence electrons. The summed E-state index contributed by atoms with van der Waals surface area (Å²) in [5.74, 6) is 0.809. The van der Waals surface area contributed by atoms with Gasteiger partial charge in [-0.15, -0.1) is 0 Å². The quantitative estimate of drug-likeness (QED) is 0.716. The van der Waals surface area contributed by atoms with Crippen molar-refractivity contribution in [3.63, 3.8) is 0 Å². The lowest BCUT2D eigenvalue weighted by Crippen LogP contribution is -2.18. The molecular formula is C8H14N4S. The Morgan fingerprint density at radius 3 is 2.62 bits per heavy atom. The summed E-state index contributed by atoms with van der Waals surface area (Å²) >= 11 is 4.77. The lowest BCUT2D eigenvalue weighted by molar-refractivity contribution is 0.536. The summed E-state index contributed by atoms with van der Waals surface area (Å²) < 4.78 is 1.66. The van der Waals surface area contributed by atoms with Crippen molar-refractivity contribution in [3.05, 3.63) is 12.2 Å². The fourth-order valence-electron chi connectivity index (χ4n) is 0.874. The third kappa shape index (κ3) is 2.77. The van der Waals surface area contributed by atoms with E-state index in [1.54, 1.807) is 11.0 Å². The molecule has 4 nitrogen and oxygen atoms in total. The van der Waals surface area contributed by atoms with E-state index in [0.29, 0.717) is 11.5 Å². The van der Waals surface area contributed by atoms with Crippen molar-refractivity contribution in [1.29, 1.82) is 0 Å². The molecule has 0 unspecified atom stereocenters. The first kappa shape index (κ1) is 10.1. The number of thiocarbonyl (C=S) groups is 1. The molecule has 0 amide bonds. The molecule has 0 aliphatic heterocycles. The molecule has 0 aliphatic carbocycles. The average molecular weight is 198 g/mol. The van der Waals surface area contributed by atoms with Crippen molar-refractivity contribution in [1.82, 2.24) is 14.8 Å². The van der Waals surface area contributed by atoms with Crippen LogP contribution in [0.25, 0.3) is 0 Å². The molecule has 0 saturated carbocycles. The molecule has 2 N–H and O–H groups in total. The standard InChI is InChI=1S/C8H14N4S/c1-8(2,3)7-10-5-12(11-7)4-6(9)13/h5H,4H2,1-3H3,(H2,9,13). The summed E-state index contributed by atoms with van der Waals surface area (Å²) in [6.07, 6.45) is 1.65. The summed E-state index contributed by atoms with van der Waals surface area (Å²) in [6, 6.07) is 0. The topological polar surface area (TPSA) is 56.7 Å². The molecule has 1 aromatic rings.